The molecule has 0 saturated carbocycles. The average Bonchev–Trinajstić information content (AvgIpc) is 3.25. The van der Waals surface area contributed by atoms with Gasteiger partial charge in [0.25, 0.3) is 11.8 Å². The zero-order chi connectivity index (χ0) is 20.5. The molecule has 2 heterocycles. The summed E-state index contributed by atoms with van der Waals surface area (Å²) in [4.78, 5) is 27.7. The van der Waals surface area contributed by atoms with E-state index in [1.54, 1.807) is 18.2 Å². The highest BCUT2D eigenvalue weighted by Gasteiger charge is 2.16. The van der Waals surface area contributed by atoms with Crippen molar-refractivity contribution in [2.45, 2.75) is 13.3 Å². The summed E-state index contributed by atoms with van der Waals surface area (Å²) in [7, 11) is 0. The largest absolute Gasteiger partial charge is 0.370 e. The molecule has 0 unspecified atom stereocenters. The molecular weight excluding hydrogens is 386 g/mol. The monoisotopic (exact) mass is 414 g/mol. The second-order valence-corrected chi connectivity index (χ2v) is 8.09. The summed E-state index contributed by atoms with van der Waals surface area (Å²) in [6.45, 7) is 7.19. The third-order valence-corrected chi connectivity index (χ3v) is 5.65. The van der Waals surface area contributed by atoms with Crippen LogP contribution >= 0.6 is 11.3 Å². The molecule has 3 rings (SSSR count). The summed E-state index contributed by atoms with van der Waals surface area (Å²) in [5.41, 5.74) is 1.86. The fourth-order valence-electron chi connectivity index (χ4n) is 3.12. The van der Waals surface area contributed by atoms with Crippen LogP contribution in [0.1, 0.15) is 27.2 Å². The summed E-state index contributed by atoms with van der Waals surface area (Å²) in [5.74, 6) is -0.559. The van der Waals surface area contributed by atoms with E-state index in [1.807, 2.05) is 36.6 Å². The second kappa shape index (κ2) is 10.9. The number of amides is 2. The molecule has 7 heteroatoms. The van der Waals surface area contributed by atoms with Crippen LogP contribution < -0.4 is 15.5 Å². The van der Waals surface area contributed by atoms with Gasteiger partial charge in [-0.15, -0.1) is 11.3 Å². The van der Waals surface area contributed by atoms with Crippen LogP contribution in [0, 0.1) is 6.92 Å². The lowest BCUT2D eigenvalue weighted by atomic mass is 10.1. The number of quaternary nitrogens is 1. The Labute approximate surface area is 175 Å². The van der Waals surface area contributed by atoms with E-state index in [0.29, 0.717) is 12.1 Å². The van der Waals surface area contributed by atoms with Crippen LogP contribution in [-0.4, -0.2) is 51.2 Å². The maximum Gasteiger partial charge on any atom is 0.267 e. The van der Waals surface area contributed by atoms with E-state index in [0.717, 1.165) is 49.7 Å². The first-order valence-corrected chi connectivity index (χ1v) is 10.8. The number of benzene rings is 1. The molecule has 29 heavy (non-hydrogen) atoms. The van der Waals surface area contributed by atoms with E-state index in [1.165, 1.54) is 16.2 Å². The molecule has 0 spiro atoms. The minimum Gasteiger partial charge on any atom is -0.370 e. The van der Waals surface area contributed by atoms with Crippen molar-refractivity contribution in [3.63, 3.8) is 0 Å². The molecule has 1 saturated heterocycles. The van der Waals surface area contributed by atoms with Gasteiger partial charge < -0.3 is 20.3 Å². The summed E-state index contributed by atoms with van der Waals surface area (Å²) < 4.78 is 5.37. The number of carbonyl (C=O) groups is 2. The van der Waals surface area contributed by atoms with Gasteiger partial charge in [0.1, 0.15) is 18.8 Å². The summed E-state index contributed by atoms with van der Waals surface area (Å²) in [6.07, 6.45) is 2.61. The van der Waals surface area contributed by atoms with Crippen molar-refractivity contribution >= 4 is 29.2 Å². The van der Waals surface area contributed by atoms with Crippen LogP contribution in [0.2, 0.25) is 0 Å². The molecule has 0 atom stereocenters. The molecule has 0 bridgehead atoms. The van der Waals surface area contributed by atoms with Gasteiger partial charge in [0.15, 0.2) is 0 Å². The molecule has 6 nitrogen and oxygen atoms in total. The lowest BCUT2D eigenvalue weighted by molar-refractivity contribution is -0.908. The van der Waals surface area contributed by atoms with Crippen molar-refractivity contribution in [1.29, 1.82) is 0 Å². The Morgan fingerprint density at radius 1 is 1.17 bits per heavy atom. The highest BCUT2D eigenvalue weighted by molar-refractivity contribution is 7.10. The topological polar surface area (TPSA) is 71.9 Å². The number of aryl methyl sites for hydroxylation is 1. The Balaban J connectivity index is 1.58. The Hall–Kier alpha value is -2.48. The normalized spacial score (nSPS) is 15.1. The minimum absolute atomic E-state index is 0.261. The van der Waals surface area contributed by atoms with Crippen LogP contribution in [0.25, 0.3) is 6.08 Å². The maximum atomic E-state index is 12.7. The lowest BCUT2D eigenvalue weighted by Crippen LogP contribution is -3.14. The third kappa shape index (κ3) is 6.81. The Kier molecular flexibility index (Phi) is 7.98. The molecule has 2 aromatic rings. The van der Waals surface area contributed by atoms with Gasteiger partial charge in [-0.1, -0.05) is 23.8 Å². The van der Waals surface area contributed by atoms with Gasteiger partial charge in [-0.25, -0.2) is 0 Å². The molecule has 1 aliphatic rings. The number of thiophene rings is 1. The predicted molar refractivity (Wildman–Crippen MR) is 115 cm³/mol. The highest BCUT2D eigenvalue weighted by Crippen LogP contribution is 2.13. The average molecular weight is 415 g/mol. The summed E-state index contributed by atoms with van der Waals surface area (Å²) in [6, 6.07) is 11.1. The van der Waals surface area contributed by atoms with Crippen LogP contribution in [0.5, 0.6) is 0 Å². The first-order valence-electron chi connectivity index (χ1n) is 9.94. The van der Waals surface area contributed by atoms with E-state index in [9.17, 15) is 9.59 Å². The van der Waals surface area contributed by atoms with E-state index >= 15 is 0 Å². The number of hydrogen-bond donors (Lipinski definition) is 3. The van der Waals surface area contributed by atoms with E-state index in [4.69, 9.17) is 4.74 Å². The molecule has 1 aromatic carbocycles. The third-order valence-electron chi connectivity index (χ3n) is 4.83. The van der Waals surface area contributed by atoms with E-state index in [-0.39, 0.29) is 17.5 Å². The van der Waals surface area contributed by atoms with Gasteiger partial charge in [-0.05, 0) is 36.6 Å². The SMILES string of the molecule is Cc1ccc(C(=O)N/C(=C/c2cccs2)C(=O)NCCC[NH+]2CCOCC2)cc1. The van der Waals surface area contributed by atoms with Gasteiger partial charge in [0.2, 0.25) is 0 Å². The van der Waals surface area contributed by atoms with Gasteiger partial charge in [0, 0.05) is 23.4 Å². The van der Waals surface area contributed by atoms with E-state index < -0.39 is 0 Å². The molecule has 0 radical (unpaired) electrons. The van der Waals surface area contributed by atoms with Crippen molar-refractivity contribution in [2.24, 2.45) is 0 Å². The van der Waals surface area contributed by atoms with Crippen LogP contribution in [0.4, 0.5) is 0 Å². The molecule has 1 aliphatic heterocycles. The van der Waals surface area contributed by atoms with Gasteiger partial charge in [-0.2, -0.15) is 0 Å². The van der Waals surface area contributed by atoms with Crippen molar-refractivity contribution in [3.05, 3.63) is 63.5 Å². The van der Waals surface area contributed by atoms with Crippen molar-refractivity contribution in [1.82, 2.24) is 10.6 Å². The first-order chi connectivity index (χ1) is 14.1. The minimum atomic E-state index is -0.291. The predicted octanol–water partition coefficient (Wildman–Crippen LogP) is 1.25. The smallest absolute Gasteiger partial charge is 0.267 e. The molecule has 154 valence electrons. The Morgan fingerprint density at radius 3 is 2.62 bits per heavy atom. The standard InChI is InChI=1S/C22H27N3O3S/c1-17-5-7-18(8-6-17)21(26)24-20(16-19-4-2-15-29-19)22(27)23-9-3-10-25-11-13-28-14-12-25/h2,4-8,15-16H,3,9-14H2,1H3,(H,23,27)(H,24,26)/p+1/b20-16+. The lowest BCUT2D eigenvalue weighted by Gasteiger charge is -2.23. The van der Waals surface area contributed by atoms with Gasteiger partial charge in [0.05, 0.1) is 19.8 Å². The fourth-order valence-corrected chi connectivity index (χ4v) is 3.78. The molecule has 2 amide bonds. The van der Waals surface area contributed by atoms with Gasteiger partial charge >= 0.3 is 0 Å². The number of ether oxygens (including phenoxy) is 1. The summed E-state index contributed by atoms with van der Waals surface area (Å²) in [5, 5.41) is 7.65. The number of hydrogen-bond acceptors (Lipinski definition) is 4. The van der Waals surface area contributed by atoms with Crippen LogP contribution in [-0.2, 0) is 9.53 Å². The van der Waals surface area contributed by atoms with Crippen LogP contribution in [0.3, 0.4) is 0 Å². The Morgan fingerprint density at radius 2 is 1.93 bits per heavy atom. The zero-order valence-corrected chi connectivity index (χ0v) is 17.5. The van der Waals surface area contributed by atoms with Gasteiger partial charge in [-0.3, -0.25) is 9.59 Å². The molecule has 3 N–H and O–H groups in total. The zero-order valence-electron chi connectivity index (χ0n) is 16.7. The Bertz CT molecular complexity index is 825. The van der Waals surface area contributed by atoms with Crippen molar-refractivity contribution in [3.8, 4) is 0 Å². The van der Waals surface area contributed by atoms with Crippen molar-refractivity contribution in [2.75, 3.05) is 39.4 Å². The molecule has 1 fully saturated rings. The number of morpholine rings is 1. The molecular formula is C22H28N3O3S+. The maximum absolute atomic E-state index is 12.7. The second-order valence-electron chi connectivity index (χ2n) is 7.12. The van der Waals surface area contributed by atoms with Crippen LogP contribution in [0.15, 0.2) is 47.5 Å². The summed E-state index contributed by atoms with van der Waals surface area (Å²) >= 11 is 1.52. The highest BCUT2D eigenvalue weighted by atomic mass is 32.1. The van der Waals surface area contributed by atoms with E-state index in [2.05, 4.69) is 10.6 Å². The quantitative estimate of drug-likeness (QED) is 0.450. The van der Waals surface area contributed by atoms with Crippen molar-refractivity contribution < 1.29 is 19.2 Å². The number of rotatable bonds is 8. The first kappa shape index (κ1) is 21.2. The number of nitrogens with one attached hydrogen (secondary N) is 3. The molecule has 0 aliphatic carbocycles. The fraction of sp³-hybridized carbons (Fsp3) is 0.364. The molecule has 1 aromatic heterocycles. The number of carbonyl (C=O) groups excluding carboxylic acids is 2.